The van der Waals surface area contributed by atoms with Gasteiger partial charge in [-0.05, 0) is 43.7 Å². The number of H-pyrrole nitrogens is 2. The summed E-state index contributed by atoms with van der Waals surface area (Å²) in [5, 5.41) is 2.82. The highest BCUT2D eigenvalue weighted by atomic mass is 16.5. The number of hydrogen-bond acceptors (Lipinski definition) is 4. The smallest absolute Gasteiger partial charge is 0.323 e. The second kappa shape index (κ2) is 8.24. The van der Waals surface area contributed by atoms with E-state index in [1.54, 1.807) is 18.2 Å². The summed E-state index contributed by atoms with van der Waals surface area (Å²) in [4.78, 5) is 28.6. The number of anilines is 1. The van der Waals surface area contributed by atoms with Crippen LogP contribution in [-0.4, -0.2) is 29.1 Å². The number of hydrogen-bond donors (Lipinski definition) is 3. The lowest BCUT2D eigenvalue weighted by atomic mass is 10.2. The van der Waals surface area contributed by atoms with Crippen LogP contribution in [0.2, 0.25) is 0 Å². The third-order valence-corrected chi connectivity index (χ3v) is 3.75. The van der Waals surface area contributed by atoms with Gasteiger partial charge >= 0.3 is 5.69 Å². The molecule has 0 spiro atoms. The Balaban J connectivity index is 1.47. The van der Waals surface area contributed by atoms with Crippen molar-refractivity contribution in [1.29, 1.82) is 0 Å². The Hall–Kier alpha value is -3.22. The highest BCUT2D eigenvalue weighted by molar-refractivity contribution is 5.92. The molecule has 3 aromatic rings. The number of fused-ring (bicyclic) bond motifs is 1. The lowest BCUT2D eigenvalue weighted by molar-refractivity contribution is -0.116. The fraction of sp³-hybridized carbons (Fsp3) is 0.263. The quantitative estimate of drug-likeness (QED) is 0.541. The number of benzene rings is 2. The van der Waals surface area contributed by atoms with Crippen molar-refractivity contribution >= 4 is 22.6 Å². The molecular weight excluding hydrogens is 334 g/mol. The normalized spacial score (nSPS) is 10.7. The number of nitrogens with one attached hydrogen (secondary N) is 3. The first-order valence-electron chi connectivity index (χ1n) is 8.52. The summed E-state index contributed by atoms with van der Waals surface area (Å²) in [6.45, 7) is 2.91. The molecule has 3 N–H and O–H groups in total. The molecule has 0 unspecified atom stereocenters. The van der Waals surface area contributed by atoms with Crippen LogP contribution >= 0.6 is 0 Å². The number of ether oxygens (including phenoxy) is 2. The fourth-order valence-corrected chi connectivity index (χ4v) is 2.59. The second-order valence-corrected chi connectivity index (χ2v) is 5.72. The van der Waals surface area contributed by atoms with Crippen molar-refractivity contribution < 1.29 is 14.3 Å². The van der Waals surface area contributed by atoms with Crippen LogP contribution in [0.25, 0.3) is 11.0 Å². The van der Waals surface area contributed by atoms with E-state index in [0.29, 0.717) is 54.3 Å². The predicted molar refractivity (Wildman–Crippen MR) is 99.9 cm³/mol. The number of carbonyl (C=O) groups excluding carboxylic acids is 1. The minimum absolute atomic E-state index is 0.107. The fourth-order valence-electron chi connectivity index (χ4n) is 2.59. The zero-order chi connectivity index (χ0) is 18.4. The van der Waals surface area contributed by atoms with Crippen LogP contribution in [0.1, 0.15) is 19.8 Å². The number of amides is 1. The molecule has 1 heterocycles. The van der Waals surface area contributed by atoms with Crippen molar-refractivity contribution in [2.45, 2.75) is 19.8 Å². The Morgan fingerprint density at radius 1 is 1.04 bits per heavy atom. The predicted octanol–water partition coefficient (Wildman–Crippen LogP) is 3.05. The Morgan fingerprint density at radius 3 is 2.54 bits per heavy atom. The molecule has 0 aliphatic heterocycles. The molecule has 0 saturated carbocycles. The molecular formula is C19H21N3O4. The van der Waals surface area contributed by atoms with E-state index in [1.807, 2.05) is 31.2 Å². The summed E-state index contributed by atoms with van der Waals surface area (Å²) < 4.78 is 11.2. The van der Waals surface area contributed by atoms with Gasteiger partial charge in [0.05, 0.1) is 24.2 Å². The Bertz CT molecular complexity index is 945. The van der Waals surface area contributed by atoms with Crippen molar-refractivity contribution in [3.05, 3.63) is 52.9 Å². The van der Waals surface area contributed by atoms with E-state index in [0.717, 1.165) is 0 Å². The van der Waals surface area contributed by atoms with Crippen LogP contribution in [0.15, 0.2) is 47.3 Å². The molecule has 7 nitrogen and oxygen atoms in total. The topological polar surface area (TPSA) is 96.2 Å². The maximum atomic E-state index is 12.1. The molecule has 0 fully saturated rings. The van der Waals surface area contributed by atoms with E-state index in [9.17, 15) is 9.59 Å². The maximum absolute atomic E-state index is 12.1. The third-order valence-electron chi connectivity index (χ3n) is 3.75. The molecule has 0 aliphatic rings. The first-order chi connectivity index (χ1) is 12.7. The van der Waals surface area contributed by atoms with Crippen molar-refractivity contribution in [1.82, 2.24) is 9.97 Å². The number of rotatable bonds is 8. The van der Waals surface area contributed by atoms with E-state index >= 15 is 0 Å². The number of para-hydroxylation sites is 2. The Kier molecular flexibility index (Phi) is 5.58. The largest absolute Gasteiger partial charge is 0.490 e. The van der Waals surface area contributed by atoms with Crippen LogP contribution in [0.5, 0.6) is 11.5 Å². The van der Waals surface area contributed by atoms with E-state index in [4.69, 9.17) is 9.47 Å². The van der Waals surface area contributed by atoms with E-state index in [-0.39, 0.29) is 11.6 Å². The summed E-state index contributed by atoms with van der Waals surface area (Å²) in [6.07, 6.45) is 0.911. The minimum Gasteiger partial charge on any atom is -0.490 e. The zero-order valence-corrected chi connectivity index (χ0v) is 14.5. The minimum atomic E-state index is -0.270. The van der Waals surface area contributed by atoms with Crippen LogP contribution < -0.4 is 20.5 Å². The standard InChI is InChI=1S/C19H21N3O4/c1-2-25-16-6-3-4-7-17(16)26-11-5-8-18(23)20-13-9-10-14-15(12-13)22-19(24)21-14/h3-4,6-7,9-10,12H,2,5,8,11H2,1H3,(H,20,23)(H2,21,22,24). The number of imidazole rings is 1. The molecule has 0 radical (unpaired) electrons. The van der Waals surface area contributed by atoms with Gasteiger partial charge in [-0.15, -0.1) is 0 Å². The monoisotopic (exact) mass is 355 g/mol. The van der Waals surface area contributed by atoms with Crippen LogP contribution in [0.4, 0.5) is 5.69 Å². The van der Waals surface area contributed by atoms with Crippen LogP contribution in [0.3, 0.4) is 0 Å². The maximum Gasteiger partial charge on any atom is 0.323 e. The molecule has 2 aromatic carbocycles. The lowest BCUT2D eigenvalue weighted by Gasteiger charge is -2.11. The van der Waals surface area contributed by atoms with Crippen molar-refractivity contribution in [2.75, 3.05) is 18.5 Å². The molecule has 0 bridgehead atoms. The number of carbonyl (C=O) groups is 1. The molecule has 0 saturated heterocycles. The SMILES string of the molecule is CCOc1ccccc1OCCCC(=O)Nc1ccc2[nH]c(=O)[nH]c2c1. The van der Waals surface area contributed by atoms with Gasteiger partial charge in [-0.1, -0.05) is 12.1 Å². The van der Waals surface area contributed by atoms with Crippen LogP contribution in [0, 0.1) is 0 Å². The number of aromatic nitrogens is 2. The average Bonchev–Trinajstić information content (AvgIpc) is 2.99. The van der Waals surface area contributed by atoms with Crippen molar-refractivity contribution in [2.24, 2.45) is 0 Å². The first kappa shape index (κ1) is 17.6. The zero-order valence-electron chi connectivity index (χ0n) is 14.5. The molecule has 0 atom stereocenters. The Morgan fingerprint density at radius 2 is 1.77 bits per heavy atom. The first-order valence-corrected chi connectivity index (χ1v) is 8.52. The van der Waals surface area contributed by atoms with Crippen molar-refractivity contribution in [3.63, 3.8) is 0 Å². The molecule has 1 aromatic heterocycles. The van der Waals surface area contributed by atoms with E-state index < -0.39 is 0 Å². The summed E-state index contributed by atoms with van der Waals surface area (Å²) in [5.41, 5.74) is 1.73. The van der Waals surface area contributed by atoms with Gasteiger partial charge in [0.1, 0.15) is 0 Å². The summed E-state index contributed by atoms with van der Waals surface area (Å²) in [7, 11) is 0. The van der Waals surface area contributed by atoms with Gasteiger partial charge in [0.25, 0.3) is 0 Å². The van der Waals surface area contributed by atoms with Gasteiger partial charge in [0.2, 0.25) is 5.91 Å². The molecule has 3 rings (SSSR count). The molecule has 7 heteroatoms. The summed E-state index contributed by atoms with van der Waals surface area (Å²) in [5.74, 6) is 1.27. The van der Waals surface area contributed by atoms with Gasteiger partial charge in [0.15, 0.2) is 11.5 Å². The highest BCUT2D eigenvalue weighted by Crippen LogP contribution is 2.26. The third kappa shape index (κ3) is 4.44. The highest BCUT2D eigenvalue weighted by Gasteiger charge is 2.07. The second-order valence-electron chi connectivity index (χ2n) is 5.72. The van der Waals surface area contributed by atoms with Gasteiger partial charge in [-0.2, -0.15) is 0 Å². The molecule has 26 heavy (non-hydrogen) atoms. The van der Waals surface area contributed by atoms with Crippen molar-refractivity contribution in [3.8, 4) is 11.5 Å². The molecule has 1 amide bonds. The summed E-state index contributed by atoms with van der Waals surface area (Å²) >= 11 is 0. The van der Waals surface area contributed by atoms with Gasteiger partial charge < -0.3 is 24.8 Å². The summed E-state index contributed by atoms with van der Waals surface area (Å²) in [6, 6.07) is 12.7. The molecule has 0 aliphatic carbocycles. The van der Waals surface area contributed by atoms with Crippen LogP contribution in [-0.2, 0) is 4.79 Å². The number of aromatic amines is 2. The van der Waals surface area contributed by atoms with E-state index in [1.165, 1.54) is 0 Å². The Labute approximate surface area is 150 Å². The average molecular weight is 355 g/mol. The molecule has 136 valence electrons. The van der Waals surface area contributed by atoms with Gasteiger partial charge in [-0.3, -0.25) is 4.79 Å². The van der Waals surface area contributed by atoms with Gasteiger partial charge in [0, 0.05) is 12.1 Å². The lowest BCUT2D eigenvalue weighted by Crippen LogP contribution is -2.13. The van der Waals surface area contributed by atoms with Gasteiger partial charge in [-0.25, -0.2) is 4.79 Å². The van der Waals surface area contributed by atoms with E-state index in [2.05, 4.69) is 15.3 Å².